The van der Waals surface area contributed by atoms with Gasteiger partial charge in [0.05, 0.1) is 5.60 Å². The Kier molecular flexibility index (Phi) is 8.05. The molecule has 0 rings (SSSR count). The molecule has 1 radical (unpaired) electrons. The van der Waals surface area contributed by atoms with Crippen LogP contribution in [0.5, 0.6) is 0 Å². The Morgan fingerprint density at radius 1 is 1.27 bits per heavy atom. The number of nitrogens with one attached hydrogen (secondary N) is 1. The van der Waals surface area contributed by atoms with Gasteiger partial charge in [-0.1, -0.05) is 0 Å². The number of carboxylic acid groups (broad SMARTS) is 1. The van der Waals surface area contributed by atoms with Gasteiger partial charge >= 0.3 is 6.09 Å². The first kappa shape index (κ1) is 17.7. The van der Waals surface area contributed by atoms with Crippen molar-refractivity contribution < 1.29 is 47.3 Å². The molecule has 0 bridgehead atoms. The van der Waals surface area contributed by atoms with Crippen LogP contribution < -0.4 is 5.32 Å². The average molecular weight is 292 g/mol. The first-order valence-electron chi connectivity index (χ1n) is 4.77. The molecule has 1 amide bonds. The second-order valence-electron chi connectivity index (χ2n) is 5.02. The normalized spacial score (nSPS) is 11.8. The third-order valence-electron chi connectivity index (χ3n) is 1.71. The van der Waals surface area contributed by atoms with E-state index in [0.29, 0.717) is 13.0 Å². The van der Waals surface area contributed by atoms with E-state index in [1.807, 2.05) is 34.6 Å². The van der Waals surface area contributed by atoms with Gasteiger partial charge in [-0.2, -0.15) is 0 Å². The molecule has 15 heavy (non-hydrogen) atoms. The van der Waals surface area contributed by atoms with Crippen molar-refractivity contribution in [2.24, 2.45) is 0 Å². The van der Waals surface area contributed by atoms with Crippen LogP contribution in [-0.2, 0) is 37.4 Å². The number of ether oxygens (including phenoxy) is 1. The van der Waals surface area contributed by atoms with Crippen LogP contribution in [-0.4, -0.2) is 28.9 Å². The zero-order valence-electron chi connectivity index (χ0n) is 10.3. The molecule has 0 spiro atoms. The first-order valence-corrected chi connectivity index (χ1v) is 4.77. The van der Waals surface area contributed by atoms with Crippen LogP contribution in [0.4, 0.5) is 4.79 Å². The van der Waals surface area contributed by atoms with Gasteiger partial charge in [-0.25, -0.2) is 4.79 Å². The molecule has 0 unspecified atom stereocenters. The predicted molar refractivity (Wildman–Crippen MR) is 55.6 cm³/mol. The summed E-state index contributed by atoms with van der Waals surface area (Å²) in [5, 5.41) is 11.0. The smallest absolute Gasteiger partial charge is 0.405 e. The van der Waals surface area contributed by atoms with Crippen LogP contribution >= 0.6 is 0 Å². The van der Waals surface area contributed by atoms with Crippen LogP contribution in [0, 0.1) is 0 Å². The number of carbonyl (C=O) groups is 1. The predicted octanol–water partition coefficient (Wildman–Crippen LogP) is 2.24. The zero-order valence-corrected chi connectivity index (χ0v) is 13.1. The summed E-state index contributed by atoms with van der Waals surface area (Å²) in [4.78, 5) is 10.4. The Balaban J connectivity index is 0. The molecular formula is C10H21NO3Y. The zero-order chi connectivity index (χ0) is 11.4. The number of amides is 1. The molecule has 4 nitrogen and oxygen atoms in total. The largest absolute Gasteiger partial charge is 0.465 e. The van der Waals surface area contributed by atoms with E-state index in [1.54, 1.807) is 0 Å². The molecule has 0 aliphatic heterocycles. The van der Waals surface area contributed by atoms with Crippen LogP contribution in [0.3, 0.4) is 0 Å². The van der Waals surface area contributed by atoms with Crippen molar-refractivity contribution in [3.63, 3.8) is 0 Å². The van der Waals surface area contributed by atoms with Crippen LogP contribution in [0.2, 0.25) is 0 Å². The second-order valence-corrected chi connectivity index (χ2v) is 5.02. The van der Waals surface area contributed by atoms with E-state index in [1.165, 1.54) is 0 Å². The van der Waals surface area contributed by atoms with Gasteiger partial charge in [0.2, 0.25) is 0 Å². The van der Waals surface area contributed by atoms with Crippen molar-refractivity contribution in [3.8, 4) is 0 Å². The summed E-state index contributed by atoms with van der Waals surface area (Å²) < 4.78 is 5.51. The van der Waals surface area contributed by atoms with E-state index in [-0.39, 0.29) is 38.3 Å². The molecule has 0 aromatic carbocycles. The fourth-order valence-corrected chi connectivity index (χ4v) is 0.964. The maximum Gasteiger partial charge on any atom is 0.405 e. The van der Waals surface area contributed by atoms with Crippen molar-refractivity contribution in [1.29, 1.82) is 0 Å². The van der Waals surface area contributed by atoms with E-state index in [2.05, 4.69) is 5.32 Å². The summed E-state index contributed by atoms with van der Waals surface area (Å²) in [6, 6.07) is 0. The molecule has 0 aliphatic rings. The van der Waals surface area contributed by atoms with E-state index < -0.39 is 11.6 Å². The minimum absolute atomic E-state index is 0. The molecule has 87 valence electrons. The minimum atomic E-state index is -0.995. The topological polar surface area (TPSA) is 58.6 Å². The van der Waals surface area contributed by atoms with Gasteiger partial charge in [-0.15, -0.1) is 0 Å². The Bertz CT molecular complexity index is 199. The van der Waals surface area contributed by atoms with E-state index >= 15 is 0 Å². The Morgan fingerprint density at radius 3 is 2.07 bits per heavy atom. The Hall–Kier alpha value is 0.334. The first-order chi connectivity index (χ1) is 6.12. The fraction of sp³-hybridized carbons (Fsp3) is 0.900. The average Bonchev–Trinajstić information content (AvgIpc) is 1.78. The second kappa shape index (κ2) is 6.82. The maximum absolute atomic E-state index is 10.4. The van der Waals surface area contributed by atoms with Gasteiger partial charge in [0.15, 0.2) is 0 Å². The van der Waals surface area contributed by atoms with Crippen LogP contribution in [0.1, 0.15) is 41.0 Å². The molecule has 5 heteroatoms. The summed E-state index contributed by atoms with van der Waals surface area (Å²) in [7, 11) is 0. The van der Waals surface area contributed by atoms with E-state index in [4.69, 9.17) is 9.84 Å². The summed E-state index contributed by atoms with van der Waals surface area (Å²) in [6.45, 7) is 10.2. The molecular weight excluding hydrogens is 271 g/mol. The third kappa shape index (κ3) is 12.3. The SMILES string of the molecule is CC(C)(CCOC(C)(C)C)NC(=O)O.[Y]. The van der Waals surface area contributed by atoms with E-state index in [0.717, 1.165) is 0 Å². The van der Waals surface area contributed by atoms with Gasteiger partial charge < -0.3 is 15.2 Å². The van der Waals surface area contributed by atoms with Crippen LogP contribution in [0.25, 0.3) is 0 Å². The fourth-order valence-electron chi connectivity index (χ4n) is 0.964. The summed E-state index contributed by atoms with van der Waals surface area (Å²) in [5.41, 5.74) is -0.601. The van der Waals surface area contributed by atoms with Gasteiger partial charge in [0, 0.05) is 44.9 Å². The summed E-state index contributed by atoms with van der Waals surface area (Å²) in [6.07, 6.45) is -0.331. The van der Waals surface area contributed by atoms with Crippen LogP contribution in [0.15, 0.2) is 0 Å². The van der Waals surface area contributed by atoms with Gasteiger partial charge in [0.25, 0.3) is 0 Å². The molecule has 0 aromatic rings. The maximum atomic E-state index is 10.4. The molecule has 0 saturated carbocycles. The monoisotopic (exact) mass is 292 g/mol. The van der Waals surface area contributed by atoms with Gasteiger partial charge in [-0.3, -0.25) is 0 Å². The minimum Gasteiger partial charge on any atom is -0.465 e. The standard InChI is InChI=1S/C10H21NO3.Y/c1-9(2,3)14-7-6-10(4,5)11-8(12)13;/h11H,6-7H2,1-5H3,(H,12,13);. The number of hydrogen-bond donors (Lipinski definition) is 2. The van der Waals surface area contributed by atoms with Gasteiger partial charge in [-0.05, 0) is 41.0 Å². The van der Waals surface area contributed by atoms with E-state index in [9.17, 15) is 4.79 Å². The van der Waals surface area contributed by atoms with Crippen molar-refractivity contribution in [2.45, 2.75) is 52.2 Å². The van der Waals surface area contributed by atoms with Crippen molar-refractivity contribution in [1.82, 2.24) is 5.32 Å². The summed E-state index contributed by atoms with van der Waals surface area (Å²) >= 11 is 0. The Labute approximate surface area is 117 Å². The Morgan fingerprint density at radius 2 is 1.73 bits per heavy atom. The molecule has 0 aliphatic carbocycles. The van der Waals surface area contributed by atoms with Crippen molar-refractivity contribution in [2.75, 3.05) is 6.61 Å². The van der Waals surface area contributed by atoms with Crippen molar-refractivity contribution >= 4 is 6.09 Å². The van der Waals surface area contributed by atoms with Crippen molar-refractivity contribution in [3.05, 3.63) is 0 Å². The number of rotatable bonds is 4. The molecule has 2 N–H and O–H groups in total. The molecule has 0 fully saturated rings. The van der Waals surface area contributed by atoms with Gasteiger partial charge in [0.1, 0.15) is 0 Å². The molecule has 0 aromatic heterocycles. The quantitative estimate of drug-likeness (QED) is 0.835. The third-order valence-corrected chi connectivity index (χ3v) is 1.71. The summed E-state index contributed by atoms with van der Waals surface area (Å²) in [5.74, 6) is 0. The molecule has 0 heterocycles. The molecule has 0 atom stereocenters. The molecule has 0 saturated heterocycles. The number of hydrogen-bond acceptors (Lipinski definition) is 2.